The first-order valence-corrected chi connectivity index (χ1v) is 4.11. The van der Waals surface area contributed by atoms with Gasteiger partial charge < -0.3 is 4.74 Å². The summed E-state index contributed by atoms with van der Waals surface area (Å²) in [6.07, 6.45) is 0.889. The molecule has 0 atom stereocenters. The molecule has 0 spiro atoms. The highest BCUT2D eigenvalue weighted by Crippen LogP contribution is 2.22. The van der Waals surface area contributed by atoms with Crippen molar-refractivity contribution in [2.24, 2.45) is 5.41 Å². The van der Waals surface area contributed by atoms with E-state index in [1.807, 2.05) is 0 Å². The molecule has 0 saturated heterocycles. The van der Waals surface area contributed by atoms with E-state index in [0.717, 1.165) is 12.0 Å². The van der Waals surface area contributed by atoms with E-state index in [0.29, 0.717) is 6.61 Å². The Kier molecular flexibility index (Phi) is 4.01. The van der Waals surface area contributed by atoms with E-state index < -0.39 is 0 Å². The molecule has 0 aromatic heterocycles. The third-order valence-electron chi connectivity index (χ3n) is 1.26. The number of carbonyl (C=O) groups is 1. The van der Waals surface area contributed by atoms with Crippen LogP contribution in [0.25, 0.3) is 0 Å². The van der Waals surface area contributed by atoms with E-state index in [1.54, 1.807) is 0 Å². The summed E-state index contributed by atoms with van der Waals surface area (Å²) in [5, 5.41) is 0. The average molecular weight is 170 g/mol. The van der Waals surface area contributed by atoms with E-state index in [-0.39, 0.29) is 11.4 Å². The summed E-state index contributed by atoms with van der Waals surface area (Å²) in [4.78, 5) is 10.5. The van der Waals surface area contributed by atoms with Gasteiger partial charge in [-0.1, -0.05) is 27.4 Å². The third-order valence-corrected chi connectivity index (χ3v) is 1.26. The topological polar surface area (TPSA) is 26.3 Å². The van der Waals surface area contributed by atoms with Crippen molar-refractivity contribution in [3.8, 4) is 0 Å². The molecule has 0 saturated carbocycles. The summed E-state index contributed by atoms with van der Waals surface area (Å²) >= 11 is 0. The first-order valence-electron chi connectivity index (χ1n) is 4.11. The zero-order chi connectivity index (χ0) is 9.78. The van der Waals surface area contributed by atoms with Crippen LogP contribution in [0, 0.1) is 5.41 Å². The van der Waals surface area contributed by atoms with E-state index in [9.17, 15) is 4.79 Å². The summed E-state index contributed by atoms with van der Waals surface area (Å²) in [5.41, 5.74) is 1.19. The van der Waals surface area contributed by atoms with Crippen LogP contribution in [0.1, 0.15) is 34.1 Å². The van der Waals surface area contributed by atoms with Gasteiger partial charge in [0.05, 0.1) is 0 Å². The fraction of sp³-hybridized carbons (Fsp3) is 0.700. The Morgan fingerprint density at radius 1 is 1.42 bits per heavy atom. The summed E-state index contributed by atoms with van der Waals surface area (Å²) in [6, 6.07) is 0. The molecule has 0 radical (unpaired) electrons. The molecular formula is C10H18O2. The summed E-state index contributed by atoms with van der Waals surface area (Å²) in [7, 11) is 0. The standard InChI is InChI=1S/C10H18O2/c1-8(6-10(3,4)5)7-12-9(2)11/h1,6-7H2,2-5H3. The van der Waals surface area contributed by atoms with Crippen molar-refractivity contribution >= 4 is 5.97 Å². The van der Waals surface area contributed by atoms with Gasteiger partial charge >= 0.3 is 5.97 Å². The predicted molar refractivity (Wildman–Crippen MR) is 49.8 cm³/mol. The fourth-order valence-corrected chi connectivity index (χ4v) is 1.00. The van der Waals surface area contributed by atoms with Crippen molar-refractivity contribution < 1.29 is 9.53 Å². The fourth-order valence-electron chi connectivity index (χ4n) is 1.00. The number of ether oxygens (including phenoxy) is 1. The first kappa shape index (κ1) is 11.2. The highest BCUT2D eigenvalue weighted by molar-refractivity contribution is 5.66. The second-order valence-corrected chi connectivity index (χ2v) is 4.27. The van der Waals surface area contributed by atoms with Crippen LogP contribution in [0.15, 0.2) is 12.2 Å². The van der Waals surface area contributed by atoms with Gasteiger partial charge in [0.25, 0.3) is 0 Å². The molecule has 0 aromatic rings. The minimum Gasteiger partial charge on any atom is -0.461 e. The maximum atomic E-state index is 10.5. The molecule has 0 bridgehead atoms. The quantitative estimate of drug-likeness (QED) is 0.480. The van der Waals surface area contributed by atoms with Crippen LogP contribution in [0.3, 0.4) is 0 Å². The number of rotatable bonds is 3. The second-order valence-electron chi connectivity index (χ2n) is 4.27. The van der Waals surface area contributed by atoms with Crippen molar-refractivity contribution in [2.75, 3.05) is 6.61 Å². The SMILES string of the molecule is C=C(COC(C)=O)CC(C)(C)C. The van der Waals surface area contributed by atoms with Gasteiger partial charge in [-0.2, -0.15) is 0 Å². The highest BCUT2D eigenvalue weighted by Gasteiger charge is 2.12. The summed E-state index contributed by atoms with van der Waals surface area (Å²) in [5.74, 6) is -0.245. The number of carbonyl (C=O) groups excluding carboxylic acids is 1. The lowest BCUT2D eigenvalue weighted by molar-refractivity contribution is -0.140. The zero-order valence-electron chi connectivity index (χ0n) is 8.44. The van der Waals surface area contributed by atoms with E-state index in [4.69, 9.17) is 4.74 Å². The maximum Gasteiger partial charge on any atom is 0.302 e. The minimum absolute atomic E-state index is 0.219. The molecule has 0 amide bonds. The third kappa shape index (κ3) is 7.32. The maximum absolute atomic E-state index is 10.5. The number of hydrogen-bond donors (Lipinski definition) is 0. The lowest BCUT2D eigenvalue weighted by Gasteiger charge is -2.19. The molecule has 0 aliphatic rings. The molecule has 0 unspecified atom stereocenters. The molecule has 0 aliphatic carbocycles. The number of hydrogen-bond acceptors (Lipinski definition) is 2. The van der Waals surface area contributed by atoms with Gasteiger partial charge in [-0.05, 0) is 17.4 Å². The van der Waals surface area contributed by atoms with Crippen molar-refractivity contribution in [3.05, 3.63) is 12.2 Å². The van der Waals surface area contributed by atoms with Gasteiger partial charge in [0.2, 0.25) is 0 Å². The van der Waals surface area contributed by atoms with Crippen molar-refractivity contribution in [3.63, 3.8) is 0 Å². The van der Waals surface area contributed by atoms with Gasteiger partial charge in [-0.15, -0.1) is 0 Å². The molecule has 0 N–H and O–H groups in total. The van der Waals surface area contributed by atoms with Crippen LogP contribution < -0.4 is 0 Å². The molecule has 70 valence electrons. The van der Waals surface area contributed by atoms with Gasteiger partial charge in [-0.25, -0.2) is 0 Å². The summed E-state index contributed by atoms with van der Waals surface area (Å²) in [6.45, 7) is 12.0. The Morgan fingerprint density at radius 3 is 2.25 bits per heavy atom. The smallest absolute Gasteiger partial charge is 0.302 e. The van der Waals surface area contributed by atoms with Crippen molar-refractivity contribution in [1.29, 1.82) is 0 Å². The van der Waals surface area contributed by atoms with Crippen LogP contribution >= 0.6 is 0 Å². The molecule has 2 heteroatoms. The van der Waals surface area contributed by atoms with E-state index in [1.165, 1.54) is 6.92 Å². The summed E-state index contributed by atoms with van der Waals surface area (Å²) < 4.78 is 4.81. The van der Waals surface area contributed by atoms with Gasteiger partial charge in [0.1, 0.15) is 6.61 Å². The van der Waals surface area contributed by atoms with Crippen molar-refractivity contribution in [2.45, 2.75) is 34.1 Å². The Labute approximate surface area is 74.6 Å². The monoisotopic (exact) mass is 170 g/mol. The second kappa shape index (κ2) is 4.29. The van der Waals surface area contributed by atoms with Crippen LogP contribution in [-0.2, 0) is 9.53 Å². The molecule has 0 aliphatic heterocycles. The Hall–Kier alpha value is -0.790. The van der Waals surface area contributed by atoms with Gasteiger partial charge in [0.15, 0.2) is 0 Å². The normalized spacial score (nSPS) is 11.0. The molecular weight excluding hydrogens is 152 g/mol. The van der Waals surface area contributed by atoms with Crippen LogP contribution in [0.4, 0.5) is 0 Å². The lowest BCUT2D eigenvalue weighted by Crippen LogP contribution is -2.10. The Morgan fingerprint density at radius 2 is 1.92 bits per heavy atom. The van der Waals surface area contributed by atoms with Crippen molar-refractivity contribution in [1.82, 2.24) is 0 Å². The Balaban J connectivity index is 3.68. The zero-order valence-corrected chi connectivity index (χ0v) is 8.44. The molecule has 12 heavy (non-hydrogen) atoms. The average Bonchev–Trinajstić information content (AvgIpc) is 1.79. The molecule has 0 heterocycles. The first-order chi connectivity index (χ1) is 5.31. The largest absolute Gasteiger partial charge is 0.461 e. The molecule has 0 rings (SSSR count). The van der Waals surface area contributed by atoms with Gasteiger partial charge in [-0.3, -0.25) is 4.79 Å². The number of esters is 1. The van der Waals surface area contributed by atoms with Crippen LogP contribution in [-0.4, -0.2) is 12.6 Å². The molecule has 0 fully saturated rings. The lowest BCUT2D eigenvalue weighted by atomic mass is 9.89. The minimum atomic E-state index is -0.245. The van der Waals surface area contributed by atoms with Crippen LogP contribution in [0.2, 0.25) is 0 Å². The highest BCUT2D eigenvalue weighted by atomic mass is 16.5. The molecule has 0 aromatic carbocycles. The molecule has 2 nitrogen and oxygen atoms in total. The Bertz CT molecular complexity index is 175. The predicted octanol–water partition coefficient (Wildman–Crippen LogP) is 2.54. The van der Waals surface area contributed by atoms with E-state index >= 15 is 0 Å². The van der Waals surface area contributed by atoms with E-state index in [2.05, 4.69) is 27.4 Å². The van der Waals surface area contributed by atoms with Crippen LogP contribution in [0.5, 0.6) is 0 Å². The van der Waals surface area contributed by atoms with Gasteiger partial charge in [0, 0.05) is 6.92 Å².